The molecule has 0 saturated heterocycles. The molecule has 1 aliphatic rings. The highest BCUT2D eigenvalue weighted by Gasteiger charge is 2.15. The summed E-state index contributed by atoms with van der Waals surface area (Å²) in [7, 11) is 1.80. The molecule has 1 aromatic carbocycles. The first-order valence-corrected chi connectivity index (χ1v) is 6.03. The highest BCUT2D eigenvalue weighted by atomic mass is 35.5. The summed E-state index contributed by atoms with van der Waals surface area (Å²) in [5, 5.41) is 0. The van der Waals surface area contributed by atoms with Gasteiger partial charge in [0.05, 0.1) is 0 Å². The summed E-state index contributed by atoms with van der Waals surface area (Å²) in [4.78, 5) is 13.5. The second kappa shape index (κ2) is 7.21. The maximum atomic E-state index is 11.8. The third-order valence-electron chi connectivity index (χ3n) is 2.88. The van der Waals surface area contributed by atoms with Gasteiger partial charge in [0.25, 0.3) is 0 Å². The van der Waals surface area contributed by atoms with Crippen LogP contribution in [0.2, 0.25) is 0 Å². The Morgan fingerprint density at radius 2 is 2.11 bits per heavy atom. The van der Waals surface area contributed by atoms with Gasteiger partial charge in [0.2, 0.25) is 12.7 Å². The Morgan fingerprint density at radius 3 is 2.84 bits per heavy atom. The average Bonchev–Trinajstić information content (AvgIpc) is 2.83. The summed E-state index contributed by atoms with van der Waals surface area (Å²) in [5.74, 6) is 1.62. The van der Waals surface area contributed by atoms with E-state index < -0.39 is 0 Å². The van der Waals surface area contributed by atoms with Crippen LogP contribution < -0.4 is 15.2 Å². The van der Waals surface area contributed by atoms with Crippen molar-refractivity contribution >= 4 is 18.3 Å². The Balaban J connectivity index is 0.00000180. The number of hydrogen-bond donors (Lipinski definition) is 1. The second-order valence-corrected chi connectivity index (χ2v) is 4.33. The SMILES string of the molecule is CN(Cc1ccc2c(c1)OCO2)C(=O)CCCN.Cl. The molecule has 1 aliphatic heterocycles. The van der Waals surface area contributed by atoms with Crippen molar-refractivity contribution < 1.29 is 14.3 Å². The van der Waals surface area contributed by atoms with Crippen LogP contribution in [0.25, 0.3) is 0 Å². The van der Waals surface area contributed by atoms with Crippen molar-refractivity contribution in [3.05, 3.63) is 23.8 Å². The molecular formula is C13H19ClN2O3. The molecule has 6 heteroatoms. The Bertz CT molecular complexity index is 440. The lowest BCUT2D eigenvalue weighted by Gasteiger charge is -2.17. The van der Waals surface area contributed by atoms with Crippen molar-refractivity contribution in [2.45, 2.75) is 19.4 Å². The number of nitrogens with zero attached hydrogens (tertiary/aromatic N) is 1. The van der Waals surface area contributed by atoms with Crippen LogP contribution in [0.1, 0.15) is 18.4 Å². The van der Waals surface area contributed by atoms with E-state index in [-0.39, 0.29) is 25.1 Å². The standard InChI is InChI=1S/C13H18N2O3.ClH/c1-15(13(16)3-2-6-14)8-10-4-5-11-12(7-10)18-9-17-11;/h4-5,7H,2-3,6,8-9,14H2,1H3;1H. The monoisotopic (exact) mass is 286 g/mol. The van der Waals surface area contributed by atoms with E-state index in [1.54, 1.807) is 11.9 Å². The summed E-state index contributed by atoms with van der Waals surface area (Å²) >= 11 is 0. The maximum Gasteiger partial charge on any atom is 0.231 e. The molecule has 19 heavy (non-hydrogen) atoms. The van der Waals surface area contributed by atoms with Crippen LogP contribution in [0.4, 0.5) is 0 Å². The molecule has 0 radical (unpaired) electrons. The topological polar surface area (TPSA) is 64.8 Å². The van der Waals surface area contributed by atoms with Gasteiger partial charge >= 0.3 is 0 Å². The van der Waals surface area contributed by atoms with E-state index in [9.17, 15) is 4.79 Å². The minimum absolute atomic E-state index is 0. The molecule has 0 saturated carbocycles. The summed E-state index contributed by atoms with van der Waals surface area (Å²) in [5.41, 5.74) is 6.42. The Morgan fingerprint density at radius 1 is 1.37 bits per heavy atom. The van der Waals surface area contributed by atoms with Crippen LogP contribution in [0.3, 0.4) is 0 Å². The first-order chi connectivity index (χ1) is 8.70. The van der Waals surface area contributed by atoms with Gasteiger partial charge in [0.1, 0.15) is 0 Å². The number of rotatable bonds is 5. The fourth-order valence-corrected chi connectivity index (χ4v) is 1.85. The Kier molecular flexibility index (Phi) is 5.92. The number of hydrogen-bond acceptors (Lipinski definition) is 4. The summed E-state index contributed by atoms with van der Waals surface area (Å²) in [6.07, 6.45) is 1.22. The van der Waals surface area contributed by atoms with E-state index in [1.165, 1.54) is 0 Å². The van der Waals surface area contributed by atoms with Gasteiger partial charge in [-0.25, -0.2) is 0 Å². The van der Waals surface area contributed by atoms with Crippen molar-refractivity contribution in [3.8, 4) is 11.5 Å². The Hall–Kier alpha value is -1.46. The van der Waals surface area contributed by atoms with E-state index in [4.69, 9.17) is 15.2 Å². The first kappa shape index (κ1) is 15.6. The minimum atomic E-state index is 0. The number of fused-ring (bicyclic) bond motifs is 1. The molecule has 106 valence electrons. The molecule has 0 bridgehead atoms. The molecule has 5 nitrogen and oxygen atoms in total. The molecule has 2 N–H and O–H groups in total. The van der Waals surface area contributed by atoms with E-state index >= 15 is 0 Å². The van der Waals surface area contributed by atoms with Crippen LogP contribution in [0, 0.1) is 0 Å². The second-order valence-electron chi connectivity index (χ2n) is 4.33. The molecule has 0 aromatic heterocycles. The predicted molar refractivity (Wildman–Crippen MR) is 74.6 cm³/mol. The molecule has 2 rings (SSSR count). The van der Waals surface area contributed by atoms with Gasteiger partial charge in [0.15, 0.2) is 11.5 Å². The van der Waals surface area contributed by atoms with Crippen LogP contribution in [-0.4, -0.2) is 31.2 Å². The van der Waals surface area contributed by atoms with Crippen LogP contribution in [-0.2, 0) is 11.3 Å². The zero-order chi connectivity index (χ0) is 13.0. The van der Waals surface area contributed by atoms with Crippen molar-refractivity contribution in [1.29, 1.82) is 0 Å². The molecular weight excluding hydrogens is 268 g/mol. The average molecular weight is 287 g/mol. The Labute approximate surface area is 119 Å². The smallest absolute Gasteiger partial charge is 0.231 e. The van der Waals surface area contributed by atoms with Crippen molar-refractivity contribution in [3.63, 3.8) is 0 Å². The fraction of sp³-hybridized carbons (Fsp3) is 0.462. The number of halogens is 1. The zero-order valence-corrected chi connectivity index (χ0v) is 11.7. The highest BCUT2D eigenvalue weighted by Crippen LogP contribution is 2.32. The lowest BCUT2D eigenvalue weighted by molar-refractivity contribution is -0.130. The van der Waals surface area contributed by atoms with Gasteiger partial charge in [-0.05, 0) is 30.7 Å². The van der Waals surface area contributed by atoms with E-state index in [2.05, 4.69) is 0 Å². The summed E-state index contributed by atoms with van der Waals surface area (Å²) < 4.78 is 10.5. The van der Waals surface area contributed by atoms with Gasteiger partial charge < -0.3 is 20.1 Å². The van der Waals surface area contributed by atoms with Crippen LogP contribution >= 0.6 is 12.4 Å². The summed E-state index contributed by atoms with van der Waals surface area (Å²) in [6.45, 7) is 1.38. The number of carbonyl (C=O) groups excluding carboxylic acids is 1. The number of benzene rings is 1. The number of ether oxygens (including phenoxy) is 2. The van der Waals surface area contributed by atoms with Gasteiger partial charge in [-0.1, -0.05) is 6.07 Å². The lowest BCUT2D eigenvalue weighted by Crippen LogP contribution is -2.26. The van der Waals surface area contributed by atoms with Gasteiger partial charge in [-0.2, -0.15) is 0 Å². The van der Waals surface area contributed by atoms with E-state index in [0.717, 1.165) is 23.5 Å². The summed E-state index contributed by atoms with van der Waals surface area (Å²) in [6, 6.07) is 5.73. The number of carbonyl (C=O) groups is 1. The molecule has 1 amide bonds. The molecule has 1 heterocycles. The molecule has 0 atom stereocenters. The van der Waals surface area contributed by atoms with Crippen molar-refractivity contribution in [1.82, 2.24) is 4.90 Å². The van der Waals surface area contributed by atoms with Crippen molar-refractivity contribution in [2.75, 3.05) is 20.4 Å². The third-order valence-corrected chi connectivity index (χ3v) is 2.88. The predicted octanol–water partition coefficient (Wildman–Crippen LogP) is 1.53. The zero-order valence-electron chi connectivity index (χ0n) is 10.9. The van der Waals surface area contributed by atoms with Gasteiger partial charge in [-0.3, -0.25) is 4.79 Å². The normalized spacial score (nSPS) is 11.9. The maximum absolute atomic E-state index is 11.8. The minimum Gasteiger partial charge on any atom is -0.454 e. The molecule has 0 fully saturated rings. The number of nitrogens with two attached hydrogens (primary N) is 1. The van der Waals surface area contributed by atoms with Gasteiger partial charge in [-0.15, -0.1) is 12.4 Å². The molecule has 0 spiro atoms. The molecule has 0 aliphatic carbocycles. The fourth-order valence-electron chi connectivity index (χ4n) is 1.85. The van der Waals surface area contributed by atoms with E-state index in [1.807, 2.05) is 18.2 Å². The van der Waals surface area contributed by atoms with E-state index in [0.29, 0.717) is 19.5 Å². The molecule has 1 aromatic rings. The lowest BCUT2D eigenvalue weighted by atomic mass is 10.2. The third kappa shape index (κ3) is 4.01. The van der Waals surface area contributed by atoms with Gasteiger partial charge in [0, 0.05) is 20.0 Å². The number of amides is 1. The highest BCUT2D eigenvalue weighted by molar-refractivity contribution is 5.85. The molecule has 0 unspecified atom stereocenters. The largest absolute Gasteiger partial charge is 0.454 e. The first-order valence-electron chi connectivity index (χ1n) is 6.03. The van der Waals surface area contributed by atoms with Crippen LogP contribution in [0.5, 0.6) is 11.5 Å². The van der Waals surface area contributed by atoms with Crippen LogP contribution in [0.15, 0.2) is 18.2 Å². The van der Waals surface area contributed by atoms with Crippen molar-refractivity contribution in [2.24, 2.45) is 5.73 Å². The quantitative estimate of drug-likeness (QED) is 0.892.